The van der Waals surface area contributed by atoms with Crippen molar-refractivity contribution in [1.29, 1.82) is 0 Å². The Hall–Kier alpha value is -3.25. The monoisotopic (exact) mass is 358 g/mol. The Kier molecular flexibility index (Phi) is 7.92. The van der Waals surface area contributed by atoms with Crippen molar-refractivity contribution in [3.8, 4) is 0 Å². The number of rotatable bonds is 7. The Morgan fingerprint density at radius 3 is 2.50 bits per heavy atom. The summed E-state index contributed by atoms with van der Waals surface area (Å²) in [6, 6.07) is 5.89. The van der Waals surface area contributed by atoms with Crippen LogP contribution in [0, 0.1) is 0 Å². The van der Waals surface area contributed by atoms with E-state index < -0.39 is 23.7 Å². The fourth-order valence-electron chi connectivity index (χ4n) is 1.83. The molecule has 0 spiro atoms. The Morgan fingerprint density at radius 2 is 1.96 bits per heavy atom. The molecule has 1 aromatic rings. The Morgan fingerprint density at radius 1 is 1.31 bits per heavy atom. The van der Waals surface area contributed by atoms with Gasteiger partial charge in [-0.15, -0.1) is 0 Å². The minimum Gasteiger partial charge on any atom is -0.480 e. The number of hydrogen-bond acceptors (Lipinski definition) is 4. The molecule has 0 radical (unpaired) electrons. The van der Waals surface area contributed by atoms with Gasteiger partial charge in [0.15, 0.2) is 0 Å². The van der Waals surface area contributed by atoms with E-state index in [0.717, 1.165) is 5.56 Å². The highest BCUT2D eigenvalue weighted by Crippen LogP contribution is 2.14. The molecule has 1 atom stereocenters. The van der Waals surface area contributed by atoms with Crippen LogP contribution in [-0.2, 0) is 9.53 Å². The first-order chi connectivity index (χ1) is 12.2. The van der Waals surface area contributed by atoms with Gasteiger partial charge >= 0.3 is 12.1 Å². The second-order valence-corrected chi connectivity index (χ2v) is 6.34. The van der Waals surface area contributed by atoms with Crippen molar-refractivity contribution in [2.24, 2.45) is 5.11 Å². The second kappa shape index (κ2) is 9.90. The third kappa shape index (κ3) is 8.56. The molecule has 1 aromatic carbocycles. The summed E-state index contributed by atoms with van der Waals surface area (Å²) in [6.45, 7) is 5.10. The third-order valence-electron chi connectivity index (χ3n) is 2.95. The van der Waals surface area contributed by atoms with E-state index in [1.54, 1.807) is 63.3 Å². The van der Waals surface area contributed by atoms with Crippen molar-refractivity contribution in [1.82, 2.24) is 5.32 Å². The van der Waals surface area contributed by atoms with Gasteiger partial charge in [-0.05, 0) is 38.3 Å². The van der Waals surface area contributed by atoms with Crippen LogP contribution in [0.4, 0.5) is 10.5 Å². The maximum atomic E-state index is 11.7. The summed E-state index contributed by atoms with van der Waals surface area (Å²) >= 11 is 0. The third-order valence-corrected chi connectivity index (χ3v) is 2.95. The highest BCUT2D eigenvalue weighted by atomic mass is 16.6. The summed E-state index contributed by atoms with van der Waals surface area (Å²) in [5.74, 6) is -1.14. The first kappa shape index (κ1) is 20.8. The lowest BCUT2D eigenvalue weighted by atomic mass is 10.1. The normalized spacial score (nSPS) is 12.6. The zero-order chi connectivity index (χ0) is 19.6. The van der Waals surface area contributed by atoms with Gasteiger partial charge in [-0.25, -0.2) is 9.59 Å². The standard InChI is InChI=1S/C18H22N4O4/c1-18(2,3)26-17(25)20-15(16(23)24)8-6-4-5-7-13-9-11-14(12-10-13)21-22-19/h4-7,9-12,15H,8H2,1-3H3,(H,20,25)(H,23,24)/b6-4?,7-5+/t15-/m0/s1. The molecule has 0 aromatic heterocycles. The number of hydrogen-bond donors (Lipinski definition) is 2. The first-order valence-corrected chi connectivity index (χ1v) is 7.92. The van der Waals surface area contributed by atoms with Crippen LogP contribution in [-0.4, -0.2) is 28.8 Å². The van der Waals surface area contributed by atoms with Crippen molar-refractivity contribution in [3.05, 3.63) is 58.5 Å². The quantitative estimate of drug-likeness (QED) is 0.320. The number of allylic oxidation sites excluding steroid dienone is 2. The lowest BCUT2D eigenvalue weighted by Gasteiger charge is -2.21. The largest absolute Gasteiger partial charge is 0.480 e. The summed E-state index contributed by atoms with van der Waals surface area (Å²) in [7, 11) is 0. The van der Waals surface area contributed by atoms with E-state index in [9.17, 15) is 9.59 Å². The van der Waals surface area contributed by atoms with Gasteiger partial charge in [0.25, 0.3) is 0 Å². The van der Waals surface area contributed by atoms with Crippen molar-refractivity contribution in [3.63, 3.8) is 0 Å². The lowest BCUT2D eigenvalue weighted by molar-refractivity contribution is -0.139. The topological polar surface area (TPSA) is 124 Å². The molecule has 138 valence electrons. The number of nitrogens with one attached hydrogen (secondary N) is 1. The molecule has 0 aliphatic rings. The molecule has 1 amide bonds. The smallest absolute Gasteiger partial charge is 0.408 e. The van der Waals surface area contributed by atoms with E-state index in [0.29, 0.717) is 5.69 Å². The summed E-state index contributed by atoms with van der Waals surface area (Å²) in [4.78, 5) is 25.6. The van der Waals surface area contributed by atoms with E-state index in [1.807, 2.05) is 6.08 Å². The van der Waals surface area contributed by atoms with E-state index in [-0.39, 0.29) is 6.42 Å². The molecule has 0 aliphatic heterocycles. The van der Waals surface area contributed by atoms with E-state index in [2.05, 4.69) is 15.3 Å². The van der Waals surface area contributed by atoms with Gasteiger partial charge < -0.3 is 15.2 Å². The second-order valence-electron chi connectivity index (χ2n) is 6.34. The highest BCUT2D eigenvalue weighted by molar-refractivity contribution is 5.80. The van der Waals surface area contributed by atoms with Gasteiger partial charge in [0.05, 0.1) is 0 Å². The van der Waals surface area contributed by atoms with Crippen LogP contribution in [0.1, 0.15) is 32.8 Å². The van der Waals surface area contributed by atoms with E-state index >= 15 is 0 Å². The molecule has 2 N–H and O–H groups in total. The first-order valence-electron chi connectivity index (χ1n) is 7.92. The summed E-state index contributed by atoms with van der Waals surface area (Å²) < 4.78 is 5.05. The zero-order valence-electron chi connectivity index (χ0n) is 14.9. The fourth-order valence-corrected chi connectivity index (χ4v) is 1.83. The Labute approximate surface area is 151 Å². The van der Waals surface area contributed by atoms with Crippen LogP contribution < -0.4 is 5.32 Å². The minimum absolute atomic E-state index is 0.120. The molecule has 8 nitrogen and oxygen atoms in total. The molecule has 0 aliphatic carbocycles. The van der Waals surface area contributed by atoms with Gasteiger partial charge in [0.2, 0.25) is 0 Å². The molecule has 0 saturated carbocycles. The number of carboxylic acids is 1. The molecule has 0 saturated heterocycles. The number of carbonyl (C=O) groups is 2. The molecule has 0 heterocycles. The minimum atomic E-state index is -1.14. The number of carboxylic acid groups (broad SMARTS) is 1. The van der Waals surface area contributed by atoms with Gasteiger partial charge in [-0.1, -0.05) is 53.7 Å². The highest BCUT2D eigenvalue weighted by Gasteiger charge is 2.22. The van der Waals surface area contributed by atoms with Crippen LogP contribution >= 0.6 is 0 Å². The lowest BCUT2D eigenvalue weighted by Crippen LogP contribution is -2.43. The molecule has 8 heteroatoms. The number of ether oxygens (including phenoxy) is 1. The number of azide groups is 1. The predicted octanol–water partition coefficient (Wildman–Crippen LogP) is 4.57. The van der Waals surface area contributed by atoms with E-state index in [4.69, 9.17) is 15.4 Å². The predicted molar refractivity (Wildman–Crippen MR) is 98.8 cm³/mol. The van der Waals surface area contributed by atoms with Crippen LogP contribution in [0.25, 0.3) is 16.5 Å². The van der Waals surface area contributed by atoms with Crippen LogP contribution in [0.15, 0.2) is 47.6 Å². The molecule has 26 heavy (non-hydrogen) atoms. The number of aliphatic carboxylic acids is 1. The van der Waals surface area contributed by atoms with Gasteiger partial charge in [0.1, 0.15) is 11.6 Å². The van der Waals surface area contributed by atoms with Gasteiger partial charge in [-0.2, -0.15) is 0 Å². The molecular weight excluding hydrogens is 336 g/mol. The fraction of sp³-hybridized carbons (Fsp3) is 0.333. The van der Waals surface area contributed by atoms with E-state index in [1.165, 1.54) is 0 Å². The number of carbonyl (C=O) groups excluding carboxylic acids is 1. The van der Waals surface area contributed by atoms with Crippen molar-refractivity contribution in [2.45, 2.75) is 38.8 Å². The molecule has 1 rings (SSSR count). The van der Waals surface area contributed by atoms with Crippen LogP contribution in [0.5, 0.6) is 0 Å². The molecule has 0 bridgehead atoms. The molecule has 0 fully saturated rings. The summed E-state index contributed by atoms with van der Waals surface area (Å²) in [5, 5.41) is 15.0. The number of benzene rings is 1. The van der Waals surface area contributed by atoms with Crippen molar-refractivity contribution < 1.29 is 19.4 Å². The van der Waals surface area contributed by atoms with Crippen molar-refractivity contribution in [2.75, 3.05) is 0 Å². The average molecular weight is 358 g/mol. The van der Waals surface area contributed by atoms with Crippen molar-refractivity contribution >= 4 is 23.8 Å². The van der Waals surface area contributed by atoms with Crippen LogP contribution in [0.2, 0.25) is 0 Å². The summed E-state index contributed by atoms with van der Waals surface area (Å²) in [6.07, 6.45) is 6.24. The summed E-state index contributed by atoms with van der Waals surface area (Å²) in [5.41, 5.74) is 9.07. The number of alkyl carbamates (subject to hydrolysis) is 1. The number of amides is 1. The van der Waals surface area contributed by atoms with Crippen LogP contribution in [0.3, 0.4) is 0 Å². The average Bonchev–Trinajstić information content (AvgIpc) is 2.53. The van der Waals surface area contributed by atoms with Gasteiger partial charge in [-0.3, -0.25) is 0 Å². The maximum Gasteiger partial charge on any atom is 0.408 e. The zero-order valence-corrected chi connectivity index (χ0v) is 14.9. The Balaban J connectivity index is 2.56. The molecular formula is C18H22N4O4. The number of nitrogens with zero attached hydrogens (tertiary/aromatic N) is 3. The maximum absolute atomic E-state index is 11.7. The van der Waals surface area contributed by atoms with Gasteiger partial charge in [0, 0.05) is 10.6 Å². The molecule has 0 unspecified atom stereocenters. The SMILES string of the molecule is CC(C)(C)OC(=O)N[C@@H](CC=C/C=C/c1ccc(N=[N+]=[N-])cc1)C(=O)O. The Bertz CT molecular complexity index is 727.